The van der Waals surface area contributed by atoms with Gasteiger partial charge < -0.3 is 21.5 Å². The van der Waals surface area contributed by atoms with E-state index in [0.29, 0.717) is 13.0 Å². The van der Waals surface area contributed by atoms with Gasteiger partial charge in [0.05, 0.1) is 12.1 Å². The number of aliphatic hydroxyl groups is 1. The first kappa shape index (κ1) is 19.0. The summed E-state index contributed by atoms with van der Waals surface area (Å²) in [4.78, 5) is 23.7. The minimum atomic E-state index is -0.825. The Hall–Kier alpha value is -0.980. The zero-order valence-corrected chi connectivity index (χ0v) is 13.0. The molecule has 0 aromatic carbocycles. The van der Waals surface area contributed by atoms with E-state index in [2.05, 4.69) is 10.6 Å². The zero-order chi connectivity index (χ0) is 15.7. The maximum Gasteiger partial charge on any atom is 0.240 e. The molecule has 0 heterocycles. The molecule has 1 amide bonds. The Labute approximate surface area is 121 Å². The molecule has 0 aliphatic carbocycles. The van der Waals surface area contributed by atoms with Gasteiger partial charge in [-0.2, -0.15) is 0 Å². The van der Waals surface area contributed by atoms with Crippen molar-refractivity contribution in [2.75, 3.05) is 6.54 Å². The molecule has 5 N–H and O–H groups in total. The van der Waals surface area contributed by atoms with Crippen LogP contribution < -0.4 is 16.4 Å². The monoisotopic (exact) mass is 287 g/mol. The van der Waals surface area contributed by atoms with Crippen molar-refractivity contribution in [3.63, 3.8) is 0 Å². The Bertz CT molecular complexity index is 306. The third kappa shape index (κ3) is 7.57. The number of Topliss-reactive ketones (excluding diaryl/α,β-unsaturated/α-hetero) is 1. The van der Waals surface area contributed by atoms with Crippen LogP contribution in [0, 0.1) is 0 Å². The summed E-state index contributed by atoms with van der Waals surface area (Å²) in [6.07, 6.45) is 1.36. The lowest BCUT2D eigenvalue weighted by Crippen LogP contribution is -2.55. The molecule has 0 rings (SSSR count). The van der Waals surface area contributed by atoms with Crippen molar-refractivity contribution in [1.82, 2.24) is 10.6 Å². The van der Waals surface area contributed by atoms with Crippen LogP contribution in [-0.2, 0) is 9.59 Å². The third-order valence-electron chi connectivity index (χ3n) is 3.03. The minimum absolute atomic E-state index is 0.0633. The van der Waals surface area contributed by atoms with Crippen molar-refractivity contribution in [2.24, 2.45) is 5.73 Å². The van der Waals surface area contributed by atoms with Crippen molar-refractivity contribution in [3.8, 4) is 0 Å². The van der Waals surface area contributed by atoms with Crippen molar-refractivity contribution in [3.05, 3.63) is 0 Å². The van der Waals surface area contributed by atoms with Crippen LogP contribution in [-0.4, -0.2) is 47.6 Å². The smallest absolute Gasteiger partial charge is 0.240 e. The second-order valence-electron chi connectivity index (χ2n) is 5.50. The number of hydrogen-bond donors (Lipinski definition) is 4. The lowest BCUT2D eigenvalue weighted by atomic mass is 10.0. The first-order chi connectivity index (χ1) is 9.29. The molecule has 0 saturated carbocycles. The van der Waals surface area contributed by atoms with Gasteiger partial charge in [0.1, 0.15) is 6.04 Å². The van der Waals surface area contributed by atoms with Crippen molar-refractivity contribution < 1.29 is 14.7 Å². The van der Waals surface area contributed by atoms with Gasteiger partial charge in [-0.15, -0.1) is 0 Å². The molecule has 6 nitrogen and oxygen atoms in total. The van der Waals surface area contributed by atoms with E-state index in [9.17, 15) is 14.7 Å². The predicted octanol–water partition coefficient (Wildman–Crippen LogP) is -0.0634. The molecule has 0 aromatic rings. The Kier molecular flexibility index (Phi) is 9.37. The molecule has 118 valence electrons. The third-order valence-corrected chi connectivity index (χ3v) is 3.03. The van der Waals surface area contributed by atoms with Gasteiger partial charge in [-0.1, -0.05) is 13.8 Å². The summed E-state index contributed by atoms with van der Waals surface area (Å²) in [5.41, 5.74) is 5.42. The van der Waals surface area contributed by atoms with E-state index in [-0.39, 0.29) is 17.7 Å². The molecule has 0 saturated heterocycles. The standard InChI is InChI=1S/C14H29N3O3/c1-9(2)16-13(11(4)19)14(20)17-12(10(3)18)7-5-6-8-15/h9,11-13,16,19H,5-8,15H2,1-4H3,(H,17,20)/t11?,12-,13-/m0/s1. The van der Waals surface area contributed by atoms with Gasteiger partial charge in [-0.25, -0.2) is 0 Å². The molecular weight excluding hydrogens is 258 g/mol. The van der Waals surface area contributed by atoms with Gasteiger partial charge in [-0.3, -0.25) is 9.59 Å². The summed E-state index contributed by atoms with van der Waals surface area (Å²) >= 11 is 0. The Morgan fingerprint density at radius 2 is 1.80 bits per heavy atom. The average molecular weight is 287 g/mol. The Balaban J connectivity index is 4.58. The van der Waals surface area contributed by atoms with E-state index in [0.717, 1.165) is 12.8 Å². The number of aliphatic hydroxyl groups excluding tert-OH is 1. The molecule has 0 spiro atoms. The Morgan fingerprint density at radius 1 is 1.20 bits per heavy atom. The van der Waals surface area contributed by atoms with E-state index in [4.69, 9.17) is 5.73 Å². The van der Waals surface area contributed by atoms with Crippen LogP contribution in [0.4, 0.5) is 0 Å². The SMILES string of the molecule is CC(=O)[C@H](CCCCN)NC(=O)[C@@H](NC(C)C)C(C)O. The summed E-state index contributed by atoms with van der Waals surface area (Å²) in [6, 6.07) is -1.16. The number of nitrogens with two attached hydrogens (primary N) is 1. The molecule has 0 radical (unpaired) electrons. The molecule has 0 bridgehead atoms. The van der Waals surface area contributed by atoms with Crippen LogP contribution >= 0.6 is 0 Å². The van der Waals surface area contributed by atoms with Crippen molar-refractivity contribution in [1.29, 1.82) is 0 Å². The zero-order valence-electron chi connectivity index (χ0n) is 13.0. The van der Waals surface area contributed by atoms with Gasteiger partial charge in [0.25, 0.3) is 0 Å². The topological polar surface area (TPSA) is 104 Å². The van der Waals surface area contributed by atoms with Crippen LogP contribution in [0.2, 0.25) is 0 Å². The highest BCUT2D eigenvalue weighted by Gasteiger charge is 2.27. The second-order valence-corrected chi connectivity index (χ2v) is 5.50. The second kappa shape index (κ2) is 9.85. The fourth-order valence-corrected chi connectivity index (χ4v) is 1.92. The average Bonchev–Trinajstić information content (AvgIpc) is 2.33. The number of amides is 1. The van der Waals surface area contributed by atoms with Crippen LogP contribution in [0.15, 0.2) is 0 Å². The lowest BCUT2D eigenvalue weighted by Gasteiger charge is -2.25. The van der Waals surface area contributed by atoms with E-state index < -0.39 is 18.2 Å². The van der Waals surface area contributed by atoms with E-state index in [1.54, 1.807) is 6.92 Å². The molecule has 0 aliphatic rings. The largest absolute Gasteiger partial charge is 0.391 e. The quantitative estimate of drug-likeness (QED) is 0.421. The maximum atomic E-state index is 12.2. The normalized spacial score (nSPS) is 15.8. The highest BCUT2D eigenvalue weighted by Crippen LogP contribution is 2.04. The number of carbonyl (C=O) groups is 2. The van der Waals surface area contributed by atoms with Crippen LogP contribution in [0.5, 0.6) is 0 Å². The summed E-state index contributed by atoms with van der Waals surface area (Å²) in [5, 5.41) is 15.4. The number of hydrogen-bond acceptors (Lipinski definition) is 5. The fourth-order valence-electron chi connectivity index (χ4n) is 1.92. The van der Waals surface area contributed by atoms with E-state index >= 15 is 0 Å². The molecular formula is C14H29N3O3. The van der Waals surface area contributed by atoms with Gasteiger partial charge in [0.15, 0.2) is 5.78 Å². The highest BCUT2D eigenvalue weighted by atomic mass is 16.3. The summed E-state index contributed by atoms with van der Waals surface area (Å²) in [6.45, 7) is 7.37. The number of nitrogens with one attached hydrogen (secondary N) is 2. The van der Waals surface area contributed by atoms with E-state index in [1.807, 2.05) is 13.8 Å². The molecule has 0 aromatic heterocycles. The number of carbonyl (C=O) groups excluding carboxylic acids is 2. The summed E-state index contributed by atoms with van der Waals surface area (Å²) < 4.78 is 0. The van der Waals surface area contributed by atoms with Gasteiger partial charge in [-0.05, 0) is 39.7 Å². The van der Waals surface area contributed by atoms with Crippen LogP contribution in [0.1, 0.15) is 47.0 Å². The van der Waals surface area contributed by atoms with Crippen molar-refractivity contribution >= 4 is 11.7 Å². The summed E-state index contributed by atoms with van der Waals surface area (Å²) in [5.74, 6) is -0.425. The lowest BCUT2D eigenvalue weighted by molar-refractivity contribution is -0.130. The van der Waals surface area contributed by atoms with Crippen LogP contribution in [0.3, 0.4) is 0 Å². The first-order valence-electron chi connectivity index (χ1n) is 7.24. The first-order valence-corrected chi connectivity index (χ1v) is 7.24. The van der Waals surface area contributed by atoms with Gasteiger partial charge in [0.2, 0.25) is 5.91 Å². The maximum absolute atomic E-state index is 12.2. The highest BCUT2D eigenvalue weighted by molar-refractivity contribution is 5.89. The molecule has 6 heteroatoms. The fraction of sp³-hybridized carbons (Fsp3) is 0.857. The summed E-state index contributed by atoms with van der Waals surface area (Å²) in [7, 11) is 0. The minimum Gasteiger partial charge on any atom is -0.391 e. The molecule has 1 unspecified atom stereocenters. The van der Waals surface area contributed by atoms with Crippen LogP contribution in [0.25, 0.3) is 0 Å². The van der Waals surface area contributed by atoms with Gasteiger partial charge in [0, 0.05) is 6.04 Å². The van der Waals surface area contributed by atoms with Crippen molar-refractivity contribution in [2.45, 2.75) is 71.2 Å². The molecule has 0 aliphatic heterocycles. The Morgan fingerprint density at radius 3 is 2.20 bits per heavy atom. The number of rotatable bonds is 10. The molecule has 3 atom stereocenters. The number of ketones is 1. The molecule has 0 fully saturated rings. The predicted molar refractivity (Wildman–Crippen MR) is 79.3 cm³/mol. The van der Waals surface area contributed by atoms with Gasteiger partial charge >= 0.3 is 0 Å². The number of unbranched alkanes of at least 4 members (excludes halogenated alkanes) is 1. The van der Waals surface area contributed by atoms with E-state index in [1.165, 1.54) is 6.92 Å². The molecule has 20 heavy (non-hydrogen) atoms.